The lowest BCUT2D eigenvalue weighted by atomic mass is 9.81. The van der Waals surface area contributed by atoms with Gasteiger partial charge in [-0.15, -0.1) is 6.58 Å². The maximum absolute atomic E-state index is 8.45. The smallest absolute Gasteiger partial charge is 0.0868 e. The predicted octanol–water partition coefficient (Wildman–Crippen LogP) is 4.07. The van der Waals surface area contributed by atoms with Gasteiger partial charge in [-0.1, -0.05) is 32.0 Å². The Morgan fingerprint density at radius 3 is 2.89 bits per heavy atom. The second kappa shape index (κ2) is 7.53. The van der Waals surface area contributed by atoms with E-state index in [-0.39, 0.29) is 11.6 Å². The van der Waals surface area contributed by atoms with Gasteiger partial charge in [0.1, 0.15) is 0 Å². The maximum Gasteiger partial charge on any atom is 0.0868 e. The Morgan fingerprint density at radius 1 is 1.63 bits per heavy atom. The fourth-order valence-electron chi connectivity index (χ4n) is 3.06. The lowest BCUT2D eigenvalue weighted by molar-refractivity contribution is -0.188. The molecule has 2 atom stereocenters. The van der Waals surface area contributed by atoms with Crippen molar-refractivity contribution in [1.82, 2.24) is 5.06 Å². The minimum atomic E-state index is 0.00106. The monoisotopic (exact) mass is 266 g/mol. The van der Waals surface area contributed by atoms with Crippen LogP contribution in [-0.4, -0.2) is 29.8 Å². The molecule has 1 heterocycles. The van der Waals surface area contributed by atoms with Crippen LogP contribution >= 0.6 is 0 Å². The van der Waals surface area contributed by atoms with Crippen LogP contribution in [0.4, 0.5) is 0 Å². The predicted molar refractivity (Wildman–Crippen MR) is 77.5 cm³/mol. The second-order valence-electron chi connectivity index (χ2n) is 5.76. The van der Waals surface area contributed by atoms with E-state index in [1.165, 1.54) is 0 Å². The molecule has 0 N–H and O–H groups in total. The summed E-state index contributed by atoms with van der Waals surface area (Å²) in [5.41, 5.74) is 8.46. The van der Waals surface area contributed by atoms with Crippen molar-refractivity contribution in [2.75, 3.05) is 13.1 Å². The third-order valence-corrected chi connectivity index (χ3v) is 3.50. The minimum absolute atomic E-state index is 0.00106. The summed E-state index contributed by atoms with van der Waals surface area (Å²) in [6, 6.07) is 0. The van der Waals surface area contributed by atoms with Gasteiger partial charge in [-0.25, -0.2) is 0 Å². The molecule has 1 aliphatic rings. The van der Waals surface area contributed by atoms with Gasteiger partial charge < -0.3 is 0 Å². The van der Waals surface area contributed by atoms with Crippen molar-refractivity contribution in [3.05, 3.63) is 23.1 Å². The molecule has 0 radical (unpaired) electrons. The van der Waals surface area contributed by atoms with E-state index >= 15 is 0 Å². The number of nitrogens with zero attached hydrogens (tertiary/aromatic N) is 4. The van der Waals surface area contributed by atoms with Crippen LogP contribution < -0.4 is 0 Å². The Bertz CT molecular complexity index is 338. The van der Waals surface area contributed by atoms with E-state index < -0.39 is 0 Å². The van der Waals surface area contributed by atoms with E-state index in [2.05, 4.69) is 42.4 Å². The van der Waals surface area contributed by atoms with Crippen LogP contribution in [0.1, 0.15) is 46.5 Å². The average Bonchev–Trinajstić information content (AvgIpc) is 2.65. The largest absolute Gasteiger partial charge is 0.295 e. The molecule has 0 amide bonds. The van der Waals surface area contributed by atoms with Crippen LogP contribution in [0.25, 0.3) is 10.4 Å². The molecule has 0 aromatic heterocycles. The van der Waals surface area contributed by atoms with Gasteiger partial charge in [0.2, 0.25) is 0 Å². The topological polar surface area (TPSA) is 61.2 Å². The molecular weight excluding hydrogens is 240 g/mol. The highest BCUT2D eigenvalue weighted by molar-refractivity contribution is 4.99. The molecule has 1 rings (SSSR count). The van der Waals surface area contributed by atoms with Crippen molar-refractivity contribution < 1.29 is 4.84 Å². The molecule has 0 spiro atoms. The SMILES string of the molecule is C=CCC1(CC(C)C)CC(CN=[N+]=[N-])ON1CCC. The molecule has 0 aromatic rings. The highest BCUT2D eigenvalue weighted by Gasteiger charge is 2.45. The fourth-order valence-corrected chi connectivity index (χ4v) is 3.06. The van der Waals surface area contributed by atoms with Crippen LogP contribution in [0, 0.1) is 5.92 Å². The maximum atomic E-state index is 8.45. The summed E-state index contributed by atoms with van der Waals surface area (Å²) in [5, 5.41) is 5.77. The number of hydrogen-bond donors (Lipinski definition) is 0. The summed E-state index contributed by atoms with van der Waals surface area (Å²) in [6.45, 7) is 11.8. The van der Waals surface area contributed by atoms with Crippen LogP contribution in [0.5, 0.6) is 0 Å². The first-order valence-electron chi connectivity index (χ1n) is 7.14. The van der Waals surface area contributed by atoms with E-state index in [0.29, 0.717) is 12.5 Å². The Morgan fingerprint density at radius 2 is 2.37 bits per heavy atom. The summed E-state index contributed by atoms with van der Waals surface area (Å²) in [6.07, 6.45) is 5.93. The third kappa shape index (κ3) is 4.23. The number of rotatable bonds is 8. The summed E-state index contributed by atoms with van der Waals surface area (Å²) < 4.78 is 0. The molecule has 0 bridgehead atoms. The molecule has 5 nitrogen and oxygen atoms in total. The van der Waals surface area contributed by atoms with E-state index in [1.807, 2.05) is 6.08 Å². The van der Waals surface area contributed by atoms with E-state index in [9.17, 15) is 0 Å². The highest BCUT2D eigenvalue weighted by Crippen LogP contribution is 2.40. The fraction of sp³-hybridized carbons (Fsp3) is 0.857. The zero-order valence-corrected chi connectivity index (χ0v) is 12.4. The minimum Gasteiger partial charge on any atom is -0.295 e. The summed E-state index contributed by atoms with van der Waals surface area (Å²) >= 11 is 0. The summed E-state index contributed by atoms with van der Waals surface area (Å²) in [7, 11) is 0. The Labute approximate surface area is 116 Å². The van der Waals surface area contributed by atoms with Gasteiger partial charge in [-0.2, -0.15) is 5.06 Å². The lowest BCUT2D eigenvalue weighted by Gasteiger charge is -2.37. The van der Waals surface area contributed by atoms with Crippen molar-refractivity contribution in [3.8, 4) is 0 Å². The normalized spacial score (nSPS) is 27.5. The molecule has 108 valence electrons. The number of hydroxylamine groups is 2. The Balaban J connectivity index is 2.87. The third-order valence-electron chi connectivity index (χ3n) is 3.50. The molecule has 1 saturated heterocycles. The van der Waals surface area contributed by atoms with Gasteiger partial charge >= 0.3 is 0 Å². The van der Waals surface area contributed by atoms with Crippen molar-refractivity contribution in [2.24, 2.45) is 11.0 Å². The number of hydrogen-bond acceptors (Lipinski definition) is 3. The molecule has 19 heavy (non-hydrogen) atoms. The van der Waals surface area contributed by atoms with Crippen LogP contribution in [-0.2, 0) is 4.84 Å². The Hall–Kier alpha value is -1.03. The van der Waals surface area contributed by atoms with E-state index in [1.54, 1.807) is 0 Å². The van der Waals surface area contributed by atoms with E-state index in [4.69, 9.17) is 10.4 Å². The quantitative estimate of drug-likeness (QED) is 0.288. The van der Waals surface area contributed by atoms with Crippen molar-refractivity contribution >= 4 is 0 Å². The van der Waals surface area contributed by atoms with Crippen molar-refractivity contribution in [3.63, 3.8) is 0 Å². The number of azide groups is 1. The van der Waals surface area contributed by atoms with Crippen LogP contribution in [0.2, 0.25) is 0 Å². The molecule has 0 aromatic carbocycles. The first-order chi connectivity index (χ1) is 9.07. The first kappa shape index (κ1) is 16.0. The average molecular weight is 266 g/mol. The van der Waals surface area contributed by atoms with Crippen molar-refractivity contribution in [2.45, 2.75) is 58.1 Å². The molecule has 2 unspecified atom stereocenters. The van der Waals surface area contributed by atoms with Gasteiger partial charge in [-0.3, -0.25) is 4.84 Å². The second-order valence-corrected chi connectivity index (χ2v) is 5.76. The van der Waals surface area contributed by atoms with Gasteiger partial charge in [0.15, 0.2) is 0 Å². The summed E-state index contributed by atoms with van der Waals surface area (Å²) in [5.74, 6) is 0.598. The van der Waals surface area contributed by atoms with Crippen LogP contribution in [0.3, 0.4) is 0 Å². The first-order valence-corrected chi connectivity index (χ1v) is 7.14. The van der Waals surface area contributed by atoms with Crippen LogP contribution in [0.15, 0.2) is 17.8 Å². The van der Waals surface area contributed by atoms with Crippen molar-refractivity contribution in [1.29, 1.82) is 0 Å². The van der Waals surface area contributed by atoms with E-state index in [0.717, 1.165) is 32.2 Å². The zero-order chi connectivity index (χ0) is 14.3. The standard InChI is InChI=1S/C14H26N4O/c1-5-7-14(9-12(3)4)10-13(11-16-17-15)19-18(14)8-6-2/h5,12-13H,1,6-11H2,2-4H3. The summed E-state index contributed by atoms with van der Waals surface area (Å²) in [4.78, 5) is 8.83. The van der Waals surface area contributed by atoms with Gasteiger partial charge in [0.05, 0.1) is 18.2 Å². The highest BCUT2D eigenvalue weighted by atomic mass is 16.7. The molecule has 1 fully saturated rings. The molecule has 0 saturated carbocycles. The molecule has 5 heteroatoms. The molecule has 1 aliphatic heterocycles. The molecule has 0 aliphatic carbocycles. The van der Waals surface area contributed by atoms with Gasteiger partial charge in [0.25, 0.3) is 0 Å². The zero-order valence-electron chi connectivity index (χ0n) is 12.4. The van der Waals surface area contributed by atoms with Gasteiger partial charge in [0, 0.05) is 11.5 Å². The molecular formula is C14H26N4O. The lowest BCUT2D eigenvalue weighted by Crippen LogP contribution is -2.44. The Kier molecular flexibility index (Phi) is 6.35. The van der Waals surface area contributed by atoms with Gasteiger partial charge in [-0.05, 0) is 37.1 Å².